The number of carbonyl (C=O) groups is 2. The van der Waals surface area contributed by atoms with E-state index in [2.05, 4.69) is 10.3 Å². The normalized spacial score (nSPS) is 15.8. The Morgan fingerprint density at radius 2 is 1.94 bits per heavy atom. The molecule has 0 spiro atoms. The number of alkyl halides is 3. The van der Waals surface area contributed by atoms with Gasteiger partial charge in [-0.2, -0.15) is 13.2 Å². The molecule has 248 valence electrons. The molecule has 2 atom stereocenters. The first-order valence-electron chi connectivity index (χ1n) is 14.2. The fraction of sp³-hybridized carbons (Fsp3) is 0.323. The van der Waals surface area contributed by atoms with Gasteiger partial charge in [-0.15, -0.1) is 0 Å². The van der Waals surface area contributed by atoms with Crippen molar-refractivity contribution in [3.05, 3.63) is 92.1 Å². The molecule has 1 saturated heterocycles. The molecule has 2 aromatic heterocycles. The first-order valence-corrected chi connectivity index (χ1v) is 14.2. The van der Waals surface area contributed by atoms with Crippen LogP contribution in [0.15, 0.2) is 58.4 Å². The Morgan fingerprint density at radius 1 is 1.19 bits per heavy atom. The average molecular weight is 660 g/mol. The van der Waals surface area contributed by atoms with Gasteiger partial charge in [0, 0.05) is 31.9 Å². The lowest BCUT2D eigenvalue weighted by Crippen LogP contribution is -2.53. The lowest BCUT2D eigenvalue weighted by Gasteiger charge is -2.38. The van der Waals surface area contributed by atoms with Crippen molar-refractivity contribution in [1.82, 2.24) is 19.4 Å². The number of aromatic nitrogens is 3. The van der Waals surface area contributed by atoms with Crippen LogP contribution in [0, 0.1) is 12.7 Å². The molecule has 1 aliphatic heterocycles. The van der Waals surface area contributed by atoms with Crippen LogP contribution in [0.5, 0.6) is 5.75 Å². The Bertz CT molecular complexity index is 1970. The van der Waals surface area contributed by atoms with E-state index in [1.54, 1.807) is 0 Å². The minimum atomic E-state index is -4.64. The predicted octanol–water partition coefficient (Wildman–Crippen LogP) is 2.73. The molecule has 1 fully saturated rings. The molecular formula is C31H29F4N5O7. The maximum Gasteiger partial charge on any atom is 0.411 e. The highest BCUT2D eigenvalue weighted by molar-refractivity contribution is 5.98. The lowest BCUT2D eigenvalue weighted by molar-refractivity contribution is -0.167. The summed E-state index contributed by atoms with van der Waals surface area (Å²) in [7, 11) is 2.77. The first kappa shape index (κ1) is 33.1. The van der Waals surface area contributed by atoms with Gasteiger partial charge in [-0.25, -0.2) is 18.5 Å². The number of nitrogens with zero attached hydrogens (tertiary/aromatic N) is 4. The molecule has 5 rings (SSSR count). The predicted molar refractivity (Wildman–Crippen MR) is 161 cm³/mol. The molecule has 1 amide bonds. The number of carbonyl (C=O) groups excluding carboxylic acids is 1. The molecule has 0 aliphatic carbocycles. The minimum Gasteiger partial charge on any atom is -0.495 e. The number of fused-ring (bicyclic) bond motifs is 1. The average Bonchev–Trinajstić information content (AvgIpc) is 3.03. The van der Waals surface area contributed by atoms with Gasteiger partial charge in [0.2, 0.25) is 0 Å². The van der Waals surface area contributed by atoms with E-state index in [0.29, 0.717) is 11.1 Å². The molecule has 0 bridgehead atoms. The number of carboxylic acid groups (broad SMARTS) is 1. The van der Waals surface area contributed by atoms with Crippen molar-refractivity contribution in [2.45, 2.75) is 31.6 Å². The van der Waals surface area contributed by atoms with Crippen molar-refractivity contribution in [2.75, 3.05) is 31.8 Å². The molecular weight excluding hydrogens is 630 g/mol. The van der Waals surface area contributed by atoms with E-state index in [1.165, 1.54) is 68.4 Å². The van der Waals surface area contributed by atoms with E-state index in [9.17, 15) is 37.5 Å². The number of hydrogen-bond acceptors (Lipinski definition) is 8. The molecule has 0 saturated carbocycles. The van der Waals surface area contributed by atoms with E-state index in [-0.39, 0.29) is 47.6 Å². The fourth-order valence-electron chi connectivity index (χ4n) is 5.57. The second-order valence-corrected chi connectivity index (χ2v) is 10.9. The number of methoxy groups -OCH3 is 1. The number of amides is 1. The second-order valence-electron chi connectivity index (χ2n) is 10.9. The number of anilines is 1. The Morgan fingerprint density at radius 3 is 2.60 bits per heavy atom. The first-order chi connectivity index (χ1) is 22.2. The monoisotopic (exact) mass is 659 g/mol. The second kappa shape index (κ2) is 12.9. The summed E-state index contributed by atoms with van der Waals surface area (Å²) in [5, 5.41) is 12.4. The highest BCUT2D eigenvalue weighted by Crippen LogP contribution is 2.33. The summed E-state index contributed by atoms with van der Waals surface area (Å²) in [6.07, 6.45) is -2.16. The standard InChI is InChI=1S/C31H29F4N5O7/c1-16-10-18(39-8-9-47-15-25(39)31(33,34)35)13-20(32)26(16)27(41)37-21(29(43)44)11-17-4-5-22(24(12-17)46-3)40-28(42)19-6-7-36-14-23(19)38(2)30(40)45/h4-7,10,12-14,21,25H,8-9,11,15H2,1-3H3,(H,37,41)(H,43,44)/t21?,25-/m1/s1. The van der Waals surface area contributed by atoms with Crippen molar-refractivity contribution in [2.24, 2.45) is 7.05 Å². The van der Waals surface area contributed by atoms with Gasteiger partial charge in [0.1, 0.15) is 23.7 Å². The van der Waals surface area contributed by atoms with Crippen LogP contribution < -0.4 is 26.2 Å². The van der Waals surface area contributed by atoms with Crippen LogP contribution >= 0.6 is 0 Å². The largest absolute Gasteiger partial charge is 0.495 e. The molecule has 3 heterocycles. The van der Waals surface area contributed by atoms with Crippen molar-refractivity contribution in [3.8, 4) is 11.4 Å². The van der Waals surface area contributed by atoms with Crippen LogP contribution in [0.2, 0.25) is 0 Å². The number of aryl methyl sites for hydroxylation is 2. The Labute approximate surface area is 263 Å². The number of pyridine rings is 1. The summed E-state index contributed by atoms with van der Waals surface area (Å²) < 4.78 is 68.5. The van der Waals surface area contributed by atoms with E-state index in [1.807, 2.05) is 0 Å². The molecule has 47 heavy (non-hydrogen) atoms. The number of rotatable bonds is 8. The third kappa shape index (κ3) is 6.40. The Balaban J connectivity index is 1.41. The SMILES string of the molecule is COc1cc(CC(NC(=O)c2c(C)cc(N3CCOC[C@@H]3C(F)(F)F)cc2F)C(=O)O)ccc1-n1c(=O)c2ccncc2n(C)c1=O. The molecule has 2 aromatic carbocycles. The van der Waals surface area contributed by atoms with Gasteiger partial charge in [-0.05, 0) is 48.4 Å². The number of aliphatic carboxylic acids is 1. The zero-order valence-electron chi connectivity index (χ0n) is 25.3. The number of carboxylic acids is 1. The maximum absolute atomic E-state index is 15.3. The highest BCUT2D eigenvalue weighted by Gasteiger charge is 2.45. The van der Waals surface area contributed by atoms with Crippen LogP contribution in [0.1, 0.15) is 21.5 Å². The van der Waals surface area contributed by atoms with E-state index in [4.69, 9.17) is 9.47 Å². The fourth-order valence-corrected chi connectivity index (χ4v) is 5.57. The maximum atomic E-state index is 15.3. The number of benzene rings is 2. The summed E-state index contributed by atoms with van der Waals surface area (Å²) in [6, 6.07) is 4.17. The summed E-state index contributed by atoms with van der Waals surface area (Å²) in [4.78, 5) is 56.6. The summed E-state index contributed by atoms with van der Waals surface area (Å²) in [5.74, 6) is -3.61. The van der Waals surface area contributed by atoms with Crippen LogP contribution in [0.4, 0.5) is 23.2 Å². The molecule has 0 radical (unpaired) electrons. The van der Waals surface area contributed by atoms with Gasteiger partial charge in [-0.1, -0.05) is 6.07 Å². The molecule has 4 aromatic rings. The summed E-state index contributed by atoms with van der Waals surface area (Å²) >= 11 is 0. The van der Waals surface area contributed by atoms with Crippen LogP contribution in [-0.2, 0) is 23.0 Å². The molecule has 2 N–H and O–H groups in total. The highest BCUT2D eigenvalue weighted by atomic mass is 19.4. The van der Waals surface area contributed by atoms with Gasteiger partial charge in [0.25, 0.3) is 11.5 Å². The lowest BCUT2D eigenvalue weighted by atomic mass is 10.0. The van der Waals surface area contributed by atoms with Gasteiger partial charge >= 0.3 is 17.8 Å². The number of hydrogen-bond donors (Lipinski definition) is 2. The summed E-state index contributed by atoms with van der Waals surface area (Å²) in [6.45, 7) is 0.541. The van der Waals surface area contributed by atoms with Crippen molar-refractivity contribution >= 4 is 28.5 Å². The van der Waals surface area contributed by atoms with Gasteiger partial charge in [0.05, 0.1) is 48.7 Å². The quantitative estimate of drug-likeness (QED) is 0.273. The molecule has 12 nitrogen and oxygen atoms in total. The zero-order chi connectivity index (χ0) is 34.2. The van der Waals surface area contributed by atoms with Crippen LogP contribution in [0.3, 0.4) is 0 Å². The molecule has 1 unspecified atom stereocenters. The topological polar surface area (TPSA) is 145 Å². The van der Waals surface area contributed by atoms with Crippen LogP contribution in [-0.4, -0.2) is 76.2 Å². The number of ether oxygens (including phenoxy) is 2. The van der Waals surface area contributed by atoms with Crippen molar-refractivity contribution < 1.29 is 41.7 Å². The third-order valence-corrected chi connectivity index (χ3v) is 7.94. The number of halogens is 4. The number of morpholine rings is 1. The Hall–Kier alpha value is -5.25. The summed E-state index contributed by atoms with van der Waals surface area (Å²) in [5.41, 5.74) is -1.19. The Kier molecular flexibility index (Phi) is 9.07. The molecule has 16 heteroatoms. The zero-order valence-corrected chi connectivity index (χ0v) is 25.3. The third-order valence-electron chi connectivity index (χ3n) is 7.94. The van der Waals surface area contributed by atoms with Gasteiger partial charge in [0.15, 0.2) is 0 Å². The van der Waals surface area contributed by atoms with E-state index >= 15 is 4.39 Å². The van der Waals surface area contributed by atoms with Gasteiger partial charge < -0.3 is 24.8 Å². The van der Waals surface area contributed by atoms with Crippen LogP contribution in [0.25, 0.3) is 16.6 Å². The smallest absolute Gasteiger partial charge is 0.411 e. The molecule has 1 aliphatic rings. The van der Waals surface area contributed by atoms with E-state index in [0.717, 1.165) is 15.5 Å². The van der Waals surface area contributed by atoms with Crippen molar-refractivity contribution in [3.63, 3.8) is 0 Å². The minimum absolute atomic E-state index is 0.00161. The number of nitrogens with one attached hydrogen (secondary N) is 1. The van der Waals surface area contributed by atoms with Crippen molar-refractivity contribution in [1.29, 1.82) is 0 Å². The van der Waals surface area contributed by atoms with Gasteiger partial charge in [-0.3, -0.25) is 19.1 Å². The van der Waals surface area contributed by atoms with E-state index < -0.39 is 59.4 Å².